The summed E-state index contributed by atoms with van der Waals surface area (Å²) in [6.45, 7) is 2.55. The van der Waals surface area contributed by atoms with Crippen LogP contribution in [0.25, 0.3) is 10.9 Å². The number of aromatic nitrogens is 4. The molecule has 0 aliphatic carbocycles. The molecule has 0 fully saturated rings. The Morgan fingerprint density at radius 3 is 2.11 bits per heavy atom. The molecule has 1 unspecified atom stereocenters. The number of primary amides is 1. The Kier molecular flexibility index (Phi) is 12.3. The van der Waals surface area contributed by atoms with E-state index in [9.17, 15) is 19.5 Å². The molecule has 0 saturated heterocycles. The lowest BCUT2D eigenvalue weighted by Crippen LogP contribution is -2.41. The molecule has 3 heterocycles. The first-order chi connectivity index (χ1) is 21.9. The van der Waals surface area contributed by atoms with E-state index in [0.29, 0.717) is 50.1 Å². The predicted molar refractivity (Wildman–Crippen MR) is 170 cm³/mol. The normalized spacial score (nSPS) is 11.3. The molecule has 0 bridgehead atoms. The third-order valence-electron chi connectivity index (χ3n) is 6.78. The molecule has 2 aromatic carbocycles. The molecule has 1 atom stereocenters. The number of nitrogens with one attached hydrogen (secondary N) is 4. The van der Waals surface area contributed by atoms with Gasteiger partial charge in [0.15, 0.2) is 0 Å². The molecule has 2 amide bonds. The number of aliphatic carboxylic acids is 1. The minimum Gasteiger partial charge on any atom is -0.480 e. The number of hydrogen-bond acceptors (Lipinski definition) is 8. The maximum absolute atomic E-state index is 12.5. The van der Waals surface area contributed by atoms with Gasteiger partial charge in [0.2, 0.25) is 5.91 Å². The number of nitrogens with zero attached hydrogens (tertiary/aromatic N) is 3. The fraction of sp³-hybridized carbons (Fsp3) is 0.212. The third-order valence-corrected chi connectivity index (χ3v) is 6.78. The summed E-state index contributed by atoms with van der Waals surface area (Å²) in [6, 6.07) is 22.8. The minimum absolute atomic E-state index is 0.339. The minimum atomic E-state index is -1.04. The molecule has 5 aromatic rings. The number of carboxylic acids is 1. The Morgan fingerprint density at radius 2 is 1.49 bits per heavy atom. The lowest BCUT2D eigenvalue weighted by Gasteiger charge is -2.15. The number of hydrogen-bond donors (Lipinski definition) is 6. The summed E-state index contributed by atoms with van der Waals surface area (Å²) in [5, 5.41) is 26.1. The molecule has 0 aliphatic heterocycles. The van der Waals surface area contributed by atoms with Gasteiger partial charge in [-0.1, -0.05) is 24.3 Å². The summed E-state index contributed by atoms with van der Waals surface area (Å²) < 4.78 is 0. The van der Waals surface area contributed by atoms with E-state index in [0.717, 1.165) is 27.9 Å². The quantitative estimate of drug-likeness (QED) is 0.103. The van der Waals surface area contributed by atoms with Crippen molar-refractivity contribution in [2.45, 2.75) is 38.5 Å². The number of fused-ring (bicyclic) bond motifs is 1. The van der Waals surface area contributed by atoms with Gasteiger partial charge in [0.1, 0.15) is 6.04 Å². The van der Waals surface area contributed by atoms with Crippen LogP contribution in [0.3, 0.4) is 0 Å². The predicted octanol–water partition coefficient (Wildman–Crippen LogP) is 3.18. The van der Waals surface area contributed by atoms with E-state index in [4.69, 9.17) is 5.73 Å². The smallest absolute Gasteiger partial charge is 0.326 e. The van der Waals surface area contributed by atoms with Gasteiger partial charge >= 0.3 is 5.97 Å². The summed E-state index contributed by atoms with van der Waals surface area (Å²) in [6.07, 6.45) is 6.10. The van der Waals surface area contributed by atoms with Crippen LogP contribution in [0.4, 0.5) is 0 Å². The number of pyridine rings is 2. The molecule has 0 saturated carbocycles. The molecule has 3 aromatic heterocycles. The van der Waals surface area contributed by atoms with Gasteiger partial charge in [-0.2, -0.15) is 5.10 Å². The van der Waals surface area contributed by atoms with Crippen LogP contribution in [-0.4, -0.2) is 55.6 Å². The van der Waals surface area contributed by atoms with Gasteiger partial charge in [0.25, 0.3) is 5.91 Å². The molecule has 0 radical (unpaired) electrons. The van der Waals surface area contributed by atoms with E-state index < -0.39 is 23.8 Å². The highest BCUT2D eigenvalue weighted by atomic mass is 16.4. The van der Waals surface area contributed by atoms with E-state index in [-0.39, 0.29) is 0 Å². The number of carboxylic acid groups (broad SMARTS) is 1. The zero-order chi connectivity index (χ0) is 31.9. The number of nitrogens with two attached hydrogens (primary N) is 1. The molecular formula is C33H36N8O4. The Balaban J connectivity index is 0.000000318. The summed E-state index contributed by atoms with van der Waals surface area (Å²) in [7, 11) is 0. The first-order valence-corrected chi connectivity index (χ1v) is 14.5. The van der Waals surface area contributed by atoms with Crippen LogP contribution < -0.4 is 21.7 Å². The zero-order valence-corrected chi connectivity index (χ0v) is 24.6. The third kappa shape index (κ3) is 10.6. The second kappa shape index (κ2) is 17.0. The monoisotopic (exact) mass is 608 g/mol. The van der Waals surface area contributed by atoms with Crippen LogP contribution in [0.1, 0.15) is 50.5 Å². The molecule has 12 heteroatoms. The Labute approximate surface area is 260 Å². The Bertz CT molecular complexity index is 1660. The average Bonchev–Trinajstić information content (AvgIpc) is 3.54. The standard InChI is InChI=1S/C25H29N5O3.C8H7N3O/c31-24(20-11-9-19(10-12-20)16-27-18-22-7-2-4-15-29-22)30-23(25(32)33)8-5-13-26-17-21-6-1-3-14-28-21;9-8(12)5-1-2-7-6(3-5)4-10-11-7/h1-4,6-7,9-12,14-15,23,26-27H,5,8,13,16-18H2,(H,30,31)(H,32,33);1-4H,(H2,9,12)(H,10,11). The molecule has 45 heavy (non-hydrogen) atoms. The first-order valence-electron chi connectivity index (χ1n) is 14.5. The lowest BCUT2D eigenvalue weighted by atomic mass is 10.1. The number of carbonyl (C=O) groups excluding carboxylic acids is 2. The van der Waals surface area contributed by atoms with E-state index in [1.54, 1.807) is 48.9 Å². The number of carbonyl (C=O) groups is 3. The van der Waals surface area contributed by atoms with Crippen LogP contribution in [0, 0.1) is 0 Å². The van der Waals surface area contributed by atoms with Crippen LogP contribution in [0.2, 0.25) is 0 Å². The molecule has 232 valence electrons. The SMILES string of the molecule is NC(=O)c1ccc2[nH]ncc2c1.O=C(NC(CCCNCc1ccccn1)C(=O)O)c1ccc(CNCc2ccccn2)cc1. The van der Waals surface area contributed by atoms with Gasteiger partial charge < -0.3 is 26.8 Å². The van der Waals surface area contributed by atoms with Gasteiger partial charge in [-0.3, -0.25) is 24.7 Å². The van der Waals surface area contributed by atoms with Crippen molar-refractivity contribution in [1.82, 2.24) is 36.1 Å². The highest BCUT2D eigenvalue weighted by Gasteiger charge is 2.20. The van der Waals surface area contributed by atoms with Crippen LogP contribution in [-0.2, 0) is 24.4 Å². The average molecular weight is 609 g/mol. The lowest BCUT2D eigenvalue weighted by molar-refractivity contribution is -0.139. The van der Waals surface area contributed by atoms with E-state index >= 15 is 0 Å². The fourth-order valence-corrected chi connectivity index (χ4v) is 4.36. The largest absolute Gasteiger partial charge is 0.480 e. The summed E-state index contributed by atoms with van der Waals surface area (Å²) >= 11 is 0. The molecule has 12 nitrogen and oxygen atoms in total. The molecule has 5 rings (SSSR count). The number of aromatic amines is 1. The van der Waals surface area contributed by atoms with Crippen LogP contribution in [0.15, 0.2) is 97.5 Å². The van der Waals surface area contributed by atoms with Crippen molar-refractivity contribution in [2.24, 2.45) is 5.73 Å². The maximum atomic E-state index is 12.5. The van der Waals surface area contributed by atoms with Crippen LogP contribution >= 0.6 is 0 Å². The topological polar surface area (TPSA) is 188 Å². The van der Waals surface area contributed by atoms with Gasteiger partial charge in [-0.05, 0) is 79.5 Å². The second-order valence-corrected chi connectivity index (χ2v) is 10.2. The summed E-state index contributed by atoms with van der Waals surface area (Å²) in [5.41, 5.74) is 9.85. The number of H-pyrrole nitrogens is 1. The van der Waals surface area contributed by atoms with Crippen molar-refractivity contribution >= 4 is 28.7 Å². The Morgan fingerprint density at radius 1 is 0.822 bits per heavy atom. The maximum Gasteiger partial charge on any atom is 0.326 e. The second-order valence-electron chi connectivity index (χ2n) is 10.2. The van der Waals surface area contributed by atoms with E-state index in [1.165, 1.54) is 0 Å². The highest BCUT2D eigenvalue weighted by molar-refractivity contribution is 5.97. The van der Waals surface area contributed by atoms with Crippen molar-refractivity contribution < 1.29 is 19.5 Å². The number of benzene rings is 2. The zero-order valence-electron chi connectivity index (χ0n) is 24.6. The Hall–Kier alpha value is -5.46. The number of rotatable bonds is 14. The van der Waals surface area contributed by atoms with Crippen molar-refractivity contribution in [3.05, 3.63) is 126 Å². The van der Waals surface area contributed by atoms with Crippen LogP contribution in [0.5, 0.6) is 0 Å². The molecule has 0 aliphatic rings. The van der Waals surface area contributed by atoms with E-state index in [2.05, 4.69) is 36.1 Å². The van der Waals surface area contributed by atoms with Gasteiger partial charge in [0, 0.05) is 48.5 Å². The number of amides is 2. The highest BCUT2D eigenvalue weighted by Crippen LogP contribution is 2.12. The van der Waals surface area contributed by atoms with Crippen molar-refractivity contribution in [2.75, 3.05) is 6.54 Å². The summed E-state index contributed by atoms with van der Waals surface area (Å²) in [5.74, 6) is -1.85. The van der Waals surface area contributed by atoms with Gasteiger partial charge in [-0.25, -0.2) is 4.79 Å². The van der Waals surface area contributed by atoms with Crippen molar-refractivity contribution in [1.29, 1.82) is 0 Å². The van der Waals surface area contributed by atoms with Gasteiger partial charge in [0.05, 0.1) is 23.1 Å². The molecule has 7 N–H and O–H groups in total. The molecular weight excluding hydrogens is 572 g/mol. The fourth-order valence-electron chi connectivity index (χ4n) is 4.36. The van der Waals surface area contributed by atoms with E-state index in [1.807, 2.05) is 48.5 Å². The summed E-state index contributed by atoms with van der Waals surface area (Å²) in [4.78, 5) is 43.4. The van der Waals surface area contributed by atoms with Crippen molar-refractivity contribution in [3.8, 4) is 0 Å². The first kappa shape index (κ1) is 32.5. The van der Waals surface area contributed by atoms with Gasteiger partial charge in [-0.15, -0.1) is 0 Å². The molecule has 0 spiro atoms. The van der Waals surface area contributed by atoms with Crippen molar-refractivity contribution in [3.63, 3.8) is 0 Å².